The number of ether oxygens (including phenoxy) is 1. The second kappa shape index (κ2) is 9.65. The van der Waals surface area contributed by atoms with Crippen molar-refractivity contribution in [3.63, 3.8) is 0 Å². The van der Waals surface area contributed by atoms with Crippen LogP contribution >= 0.6 is 11.6 Å². The van der Waals surface area contributed by atoms with Crippen molar-refractivity contribution in [2.75, 3.05) is 11.3 Å². The van der Waals surface area contributed by atoms with Crippen molar-refractivity contribution in [2.24, 2.45) is 0 Å². The van der Waals surface area contributed by atoms with Crippen LogP contribution in [-0.2, 0) is 10.0 Å². The fourth-order valence-corrected chi connectivity index (χ4v) is 3.93. The molecule has 0 radical (unpaired) electrons. The number of carbonyl (C=O) groups excluding carboxylic acids is 1. The van der Waals surface area contributed by atoms with Gasteiger partial charge >= 0.3 is 0 Å². The van der Waals surface area contributed by atoms with Crippen molar-refractivity contribution in [2.45, 2.75) is 17.9 Å². The van der Waals surface area contributed by atoms with Gasteiger partial charge in [0.05, 0.1) is 21.5 Å². The molecule has 6 nitrogen and oxygen atoms in total. The van der Waals surface area contributed by atoms with Gasteiger partial charge in [0.25, 0.3) is 15.9 Å². The van der Waals surface area contributed by atoms with Crippen molar-refractivity contribution >= 4 is 33.2 Å². The molecule has 1 amide bonds. The maximum Gasteiger partial charge on any atom is 0.261 e. The number of sulfonamides is 1. The van der Waals surface area contributed by atoms with Crippen molar-refractivity contribution in [1.82, 2.24) is 5.32 Å². The van der Waals surface area contributed by atoms with Crippen molar-refractivity contribution in [3.8, 4) is 5.75 Å². The molecule has 0 aliphatic carbocycles. The smallest absolute Gasteiger partial charge is 0.261 e. The molecular formula is C22H21ClN2O4S. The SMILES string of the molecule is CC(COc1ccccc1)NC(=O)c1cc(NS(=O)(=O)c2ccccc2)ccc1Cl. The summed E-state index contributed by atoms with van der Waals surface area (Å²) >= 11 is 6.17. The standard InChI is InChI=1S/C22H21ClN2O4S/c1-16(15-29-18-8-4-2-5-9-18)24-22(26)20-14-17(12-13-21(20)23)25-30(27,28)19-10-6-3-7-11-19/h2-14,16,25H,15H2,1H3,(H,24,26). The van der Waals surface area contributed by atoms with E-state index >= 15 is 0 Å². The topological polar surface area (TPSA) is 84.5 Å². The lowest BCUT2D eigenvalue weighted by Gasteiger charge is -2.16. The lowest BCUT2D eigenvalue weighted by atomic mass is 10.2. The monoisotopic (exact) mass is 444 g/mol. The Hall–Kier alpha value is -3.03. The summed E-state index contributed by atoms with van der Waals surface area (Å²) in [5.74, 6) is 0.277. The predicted octanol–water partition coefficient (Wildman–Crippen LogP) is 4.34. The van der Waals surface area contributed by atoms with Crippen LogP contribution in [0.4, 0.5) is 5.69 Å². The van der Waals surface area contributed by atoms with Crippen LogP contribution in [0.5, 0.6) is 5.75 Å². The Bertz CT molecular complexity index is 1110. The quantitative estimate of drug-likeness (QED) is 0.541. The summed E-state index contributed by atoms with van der Waals surface area (Å²) in [5, 5.41) is 3.02. The van der Waals surface area contributed by atoms with Gasteiger partial charge < -0.3 is 10.1 Å². The average Bonchev–Trinajstić information content (AvgIpc) is 2.75. The van der Waals surface area contributed by atoms with E-state index in [1.54, 1.807) is 25.1 Å². The van der Waals surface area contributed by atoms with Gasteiger partial charge in [-0.15, -0.1) is 0 Å². The highest BCUT2D eigenvalue weighted by Crippen LogP contribution is 2.23. The van der Waals surface area contributed by atoms with Crippen molar-refractivity contribution < 1.29 is 17.9 Å². The molecule has 0 aromatic heterocycles. The summed E-state index contributed by atoms with van der Waals surface area (Å²) in [6.07, 6.45) is 0. The van der Waals surface area contributed by atoms with Crippen LogP contribution in [0, 0.1) is 0 Å². The predicted molar refractivity (Wildman–Crippen MR) is 118 cm³/mol. The molecule has 3 aromatic rings. The highest BCUT2D eigenvalue weighted by molar-refractivity contribution is 7.92. The van der Waals surface area contributed by atoms with Crippen molar-refractivity contribution in [1.29, 1.82) is 0 Å². The Morgan fingerprint density at radius 1 is 1.00 bits per heavy atom. The molecule has 0 aliphatic rings. The van der Waals surface area contributed by atoms with Gasteiger partial charge in [0.2, 0.25) is 0 Å². The third kappa shape index (κ3) is 5.75. The minimum Gasteiger partial charge on any atom is -0.491 e. The van der Waals surface area contributed by atoms with E-state index in [9.17, 15) is 13.2 Å². The van der Waals surface area contributed by atoms with E-state index in [4.69, 9.17) is 16.3 Å². The van der Waals surface area contributed by atoms with Gasteiger partial charge in [-0.2, -0.15) is 0 Å². The molecule has 1 atom stereocenters. The highest BCUT2D eigenvalue weighted by atomic mass is 35.5. The lowest BCUT2D eigenvalue weighted by molar-refractivity contribution is 0.0927. The number of hydrogen-bond acceptors (Lipinski definition) is 4. The molecule has 0 spiro atoms. The fourth-order valence-electron chi connectivity index (χ4n) is 2.66. The number of halogens is 1. The average molecular weight is 445 g/mol. The maximum atomic E-state index is 12.6. The first kappa shape index (κ1) is 21.7. The zero-order valence-electron chi connectivity index (χ0n) is 16.2. The summed E-state index contributed by atoms with van der Waals surface area (Å²) in [6.45, 7) is 2.07. The van der Waals surface area contributed by atoms with Gasteiger partial charge in [0, 0.05) is 5.69 Å². The summed E-state index contributed by atoms with van der Waals surface area (Å²) < 4.78 is 33.1. The van der Waals surface area contributed by atoms with Crippen molar-refractivity contribution in [3.05, 3.63) is 89.4 Å². The van der Waals surface area contributed by atoms with E-state index in [0.717, 1.165) is 0 Å². The highest BCUT2D eigenvalue weighted by Gasteiger charge is 2.18. The lowest BCUT2D eigenvalue weighted by Crippen LogP contribution is -2.37. The largest absolute Gasteiger partial charge is 0.491 e. The molecule has 8 heteroatoms. The first-order valence-electron chi connectivity index (χ1n) is 9.21. The van der Waals surface area contributed by atoms with Gasteiger partial charge in [-0.25, -0.2) is 8.42 Å². The zero-order valence-corrected chi connectivity index (χ0v) is 17.8. The van der Waals surface area contributed by atoms with Crippen LogP contribution in [0.2, 0.25) is 5.02 Å². The summed E-state index contributed by atoms with van der Waals surface area (Å²) in [4.78, 5) is 12.8. The second-order valence-electron chi connectivity index (χ2n) is 6.61. The molecule has 0 fully saturated rings. The van der Waals surface area contributed by atoms with Crippen LogP contribution in [0.1, 0.15) is 17.3 Å². The van der Waals surface area contributed by atoms with Gasteiger partial charge in [0.1, 0.15) is 12.4 Å². The number of hydrogen-bond donors (Lipinski definition) is 2. The second-order valence-corrected chi connectivity index (χ2v) is 8.70. The van der Waals surface area contributed by atoms with Crippen LogP contribution in [-0.4, -0.2) is 27.0 Å². The summed E-state index contributed by atoms with van der Waals surface area (Å²) in [5.41, 5.74) is 0.401. The first-order chi connectivity index (χ1) is 14.3. The summed E-state index contributed by atoms with van der Waals surface area (Å²) in [6, 6.07) is 21.3. The normalized spacial score (nSPS) is 12.1. The third-order valence-corrected chi connectivity index (χ3v) is 5.86. The number of benzene rings is 3. The number of carbonyl (C=O) groups is 1. The van der Waals surface area contributed by atoms with E-state index < -0.39 is 15.9 Å². The number of anilines is 1. The van der Waals surface area contributed by atoms with Crippen LogP contribution in [0.25, 0.3) is 0 Å². The maximum absolute atomic E-state index is 12.6. The van der Waals surface area contributed by atoms with Crippen LogP contribution in [0.3, 0.4) is 0 Å². The van der Waals surface area contributed by atoms with Gasteiger partial charge in [0.15, 0.2) is 0 Å². The molecule has 0 bridgehead atoms. The van der Waals surface area contributed by atoms with Gasteiger partial charge in [-0.1, -0.05) is 48.0 Å². The van der Waals surface area contributed by atoms with E-state index in [-0.39, 0.29) is 33.8 Å². The van der Waals surface area contributed by atoms with Gasteiger partial charge in [-0.05, 0) is 49.4 Å². The number of nitrogens with one attached hydrogen (secondary N) is 2. The van der Waals surface area contributed by atoms with E-state index in [1.807, 2.05) is 30.3 Å². The molecule has 2 N–H and O–H groups in total. The Morgan fingerprint density at radius 3 is 2.30 bits per heavy atom. The molecule has 0 saturated heterocycles. The fraction of sp³-hybridized carbons (Fsp3) is 0.136. The molecule has 0 saturated carbocycles. The minimum absolute atomic E-state index is 0.123. The molecule has 30 heavy (non-hydrogen) atoms. The van der Waals surface area contributed by atoms with Crippen LogP contribution in [0.15, 0.2) is 83.8 Å². The van der Waals surface area contributed by atoms with E-state index in [1.165, 1.54) is 30.3 Å². The molecular weight excluding hydrogens is 424 g/mol. The molecule has 0 aliphatic heterocycles. The Kier molecular flexibility index (Phi) is 6.97. The molecule has 3 rings (SSSR count). The Balaban J connectivity index is 1.67. The first-order valence-corrected chi connectivity index (χ1v) is 11.1. The van der Waals surface area contributed by atoms with Gasteiger partial charge in [-0.3, -0.25) is 9.52 Å². The molecule has 3 aromatic carbocycles. The molecule has 1 unspecified atom stereocenters. The number of rotatable bonds is 8. The van der Waals surface area contributed by atoms with E-state index in [2.05, 4.69) is 10.0 Å². The number of para-hydroxylation sites is 1. The molecule has 0 heterocycles. The zero-order chi connectivity index (χ0) is 21.6. The molecule has 156 valence electrons. The minimum atomic E-state index is -3.78. The Labute approximate surface area is 180 Å². The third-order valence-electron chi connectivity index (χ3n) is 4.14. The summed E-state index contributed by atoms with van der Waals surface area (Å²) in [7, 11) is -3.78. The number of amides is 1. The van der Waals surface area contributed by atoms with E-state index in [0.29, 0.717) is 5.75 Å². The Morgan fingerprint density at radius 2 is 1.63 bits per heavy atom. The van der Waals surface area contributed by atoms with Crippen LogP contribution < -0.4 is 14.8 Å².